The molecule has 0 spiro atoms. The average Bonchev–Trinajstić information content (AvgIpc) is 2.85. The van der Waals surface area contributed by atoms with E-state index in [-0.39, 0.29) is 12.4 Å². The Labute approximate surface area is 120 Å². The van der Waals surface area contributed by atoms with E-state index in [9.17, 15) is 0 Å². The summed E-state index contributed by atoms with van der Waals surface area (Å²) in [5.74, 6) is 1.93. The van der Waals surface area contributed by atoms with Gasteiger partial charge in [-0.3, -0.25) is 0 Å². The molecule has 0 saturated carbocycles. The lowest BCUT2D eigenvalue weighted by molar-refractivity contribution is 0.410. The highest BCUT2D eigenvalue weighted by Crippen LogP contribution is 2.20. The fourth-order valence-corrected chi connectivity index (χ4v) is 1.90. The van der Waals surface area contributed by atoms with Crippen molar-refractivity contribution in [3.05, 3.63) is 42.1 Å². The maximum Gasteiger partial charge on any atom is 0.124 e. The number of halogens is 1. The number of para-hydroxylation sites is 1. The summed E-state index contributed by atoms with van der Waals surface area (Å²) in [7, 11) is 1.69. The quantitative estimate of drug-likeness (QED) is 0.912. The van der Waals surface area contributed by atoms with Crippen molar-refractivity contribution >= 4 is 18.2 Å². The van der Waals surface area contributed by atoms with Gasteiger partial charge in [0.25, 0.3) is 0 Å². The summed E-state index contributed by atoms with van der Waals surface area (Å²) in [6, 6.07) is 10.3. The summed E-state index contributed by atoms with van der Waals surface area (Å²) in [5, 5.41) is 7.68. The van der Waals surface area contributed by atoms with Crippen LogP contribution < -0.4 is 10.1 Å². The summed E-state index contributed by atoms with van der Waals surface area (Å²) in [6.07, 6.45) is 1.81. The number of benzene rings is 1. The number of anilines is 1. The van der Waals surface area contributed by atoms with Crippen molar-refractivity contribution in [1.82, 2.24) is 9.78 Å². The van der Waals surface area contributed by atoms with Crippen LogP contribution in [0.3, 0.4) is 0 Å². The monoisotopic (exact) mass is 281 g/mol. The summed E-state index contributed by atoms with van der Waals surface area (Å²) >= 11 is 0. The van der Waals surface area contributed by atoms with Gasteiger partial charge in [0.05, 0.1) is 13.3 Å². The molecular formula is C14H20ClN3O. The Bertz CT molecular complexity index is 511. The van der Waals surface area contributed by atoms with Gasteiger partial charge in [-0.1, -0.05) is 18.2 Å². The predicted octanol–water partition coefficient (Wildman–Crippen LogP) is 3.51. The van der Waals surface area contributed by atoms with E-state index in [1.54, 1.807) is 7.11 Å². The zero-order valence-corrected chi connectivity index (χ0v) is 12.3. The molecule has 19 heavy (non-hydrogen) atoms. The second-order valence-electron chi connectivity index (χ2n) is 4.42. The van der Waals surface area contributed by atoms with Crippen molar-refractivity contribution < 1.29 is 4.74 Å². The largest absolute Gasteiger partial charge is 0.496 e. The molecule has 0 unspecified atom stereocenters. The van der Waals surface area contributed by atoms with Crippen LogP contribution in [0.2, 0.25) is 0 Å². The normalized spacial score (nSPS) is 10.1. The number of ether oxygens (including phenoxy) is 1. The fourth-order valence-electron chi connectivity index (χ4n) is 1.90. The van der Waals surface area contributed by atoms with Crippen LogP contribution in [0.5, 0.6) is 5.75 Å². The fraction of sp³-hybridized carbons (Fsp3) is 0.357. The molecule has 1 aromatic heterocycles. The van der Waals surface area contributed by atoms with E-state index in [4.69, 9.17) is 4.74 Å². The minimum Gasteiger partial charge on any atom is -0.496 e. The molecule has 2 rings (SSSR count). The van der Waals surface area contributed by atoms with E-state index in [2.05, 4.69) is 30.3 Å². The lowest BCUT2D eigenvalue weighted by Gasteiger charge is -2.14. The Balaban J connectivity index is 0.00000180. The smallest absolute Gasteiger partial charge is 0.124 e. The Kier molecular flexibility index (Phi) is 5.70. The van der Waals surface area contributed by atoms with Crippen molar-refractivity contribution in [2.24, 2.45) is 0 Å². The van der Waals surface area contributed by atoms with Gasteiger partial charge in [0.15, 0.2) is 0 Å². The van der Waals surface area contributed by atoms with Crippen molar-refractivity contribution in [3.8, 4) is 5.75 Å². The Morgan fingerprint density at radius 2 is 2.00 bits per heavy atom. The molecule has 104 valence electrons. The van der Waals surface area contributed by atoms with Crippen LogP contribution >= 0.6 is 12.4 Å². The minimum absolute atomic E-state index is 0. The van der Waals surface area contributed by atoms with E-state index in [1.165, 1.54) is 0 Å². The molecule has 0 radical (unpaired) electrons. The summed E-state index contributed by atoms with van der Waals surface area (Å²) in [5.41, 5.74) is 1.14. The SMILES string of the molecule is COc1ccccc1CNc1ccnn1C(C)C.Cl. The maximum absolute atomic E-state index is 5.33. The Hall–Kier alpha value is -1.68. The highest BCUT2D eigenvalue weighted by atomic mass is 35.5. The van der Waals surface area contributed by atoms with Crippen molar-refractivity contribution in [1.29, 1.82) is 0 Å². The van der Waals surface area contributed by atoms with E-state index in [0.29, 0.717) is 6.04 Å². The van der Waals surface area contributed by atoms with Gasteiger partial charge in [0.2, 0.25) is 0 Å². The molecule has 0 atom stereocenters. The van der Waals surface area contributed by atoms with Crippen molar-refractivity contribution in [2.75, 3.05) is 12.4 Å². The molecule has 1 heterocycles. The molecule has 1 aromatic carbocycles. The number of nitrogens with one attached hydrogen (secondary N) is 1. The Morgan fingerprint density at radius 3 is 2.68 bits per heavy atom. The van der Waals surface area contributed by atoms with E-state index >= 15 is 0 Å². The van der Waals surface area contributed by atoms with Crippen LogP contribution in [0, 0.1) is 0 Å². The standard InChI is InChI=1S/C14H19N3O.ClH/c1-11(2)17-14(8-9-16-17)15-10-12-6-4-5-7-13(12)18-3;/h4-9,11,15H,10H2,1-3H3;1H. The van der Waals surface area contributed by atoms with E-state index < -0.39 is 0 Å². The molecule has 0 saturated heterocycles. The molecule has 0 bridgehead atoms. The lowest BCUT2D eigenvalue weighted by atomic mass is 10.2. The minimum atomic E-state index is 0. The molecule has 0 fully saturated rings. The first-order valence-electron chi connectivity index (χ1n) is 6.11. The van der Waals surface area contributed by atoms with Crippen LogP contribution in [0.25, 0.3) is 0 Å². The summed E-state index contributed by atoms with van der Waals surface area (Å²) < 4.78 is 7.30. The first-order chi connectivity index (χ1) is 8.72. The van der Waals surface area contributed by atoms with Crippen LogP contribution in [0.4, 0.5) is 5.82 Å². The first kappa shape index (κ1) is 15.4. The molecule has 1 N–H and O–H groups in total. The van der Waals surface area contributed by atoms with Crippen LogP contribution in [-0.4, -0.2) is 16.9 Å². The second-order valence-corrected chi connectivity index (χ2v) is 4.42. The van der Waals surface area contributed by atoms with Gasteiger partial charge >= 0.3 is 0 Å². The van der Waals surface area contributed by atoms with Crippen LogP contribution in [0.15, 0.2) is 36.5 Å². The molecule has 0 aliphatic heterocycles. The predicted molar refractivity (Wildman–Crippen MR) is 80.2 cm³/mol. The Morgan fingerprint density at radius 1 is 1.26 bits per heavy atom. The van der Waals surface area contributed by atoms with Crippen LogP contribution in [0.1, 0.15) is 25.5 Å². The third kappa shape index (κ3) is 3.64. The van der Waals surface area contributed by atoms with Gasteiger partial charge in [0.1, 0.15) is 11.6 Å². The molecule has 0 aliphatic carbocycles. The third-order valence-corrected chi connectivity index (χ3v) is 2.81. The average molecular weight is 282 g/mol. The first-order valence-corrected chi connectivity index (χ1v) is 6.11. The number of rotatable bonds is 5. The van der Waals surface area contributed by atoms with E-state index in [1.807, 2.05) is 35.1 Å². The van der Waals surface area contributed by atoms with Gasteiger partial charge in [-0.2, -0.15) is 5.10 Å². The molecule has 0 amide bonds. The number of hydrogen-bond acceptors (Lipinski definition) is 3. The topological polar surface area (TPSA) is 39.1 Å². The molecular weight excluding hydrogens is 262 g/mol. The highest BCUT2D eigenvalue weighted by Gasteiger charge is 2.06. The molecule has 4 nitrogen and oxygen atoms in total. The van der Waals surface area contributed by atoms with Gasteiger partial charge in [-0.05, 0) is 19.9 Å². The zero-order valence-electron chi connectivity index (χ0n) is 11.5. The zero-order chi connectivity index (χ0) is 13.0. The molecule has 2 aromatic rings. The molecule has 0 aliphatic rings. The van der Waals surface area contributed by atoms with Crippen LogP contribution in [-0.2, 0) is 6.54 Å². The number of nitrogens with zero attached hydrogens (tertiary/aromatic N) is 2. The van der Waals surface area contributed by atoms with E-state index in [0.717, 1.165) is 23.7 Å². The lowest BCUT2D eigenvalue weighted by Crippen LogP contribution is -2.10. The summed E-state index contributed by atoms with van der Waals surface area (Å²) in [6.45, 7) is 4.95. The van der Waals surface area contributed by atoms with Crippen molar-refractivity contribution in [3.63, 3.8) is 0 Å². The number of methoxy groups -OCH3 is 1. The second kappa shape index (κ2) is 7.04. The summed E-state index contributed by atoms with van der Waals surface area (Å²) in [4.78, 5) is 0. The number of aromatic nitrogens is 2. The van der Waals surface area contributed by atoms with Crippen molar-refractivity contribution in [2.45, 2.75) is 26.4 Å². The molecule has 5 heteroatoms. The third-order valence-electron chi connectivity index (χ3n) is 2.81. The van der Waals surface area contributed by atoms with Gasteiger partial charge < -0.3 is 10.1 Å². The van der Waals surface area contributed by atoms with Gasteiger partial charge in [-0.25, -0.2) is 4.68 Å². The van der Waals surface area contributed by atoms with Gasteiger partial charge in [-0.15, -0.1) is 12.4 Å². The highest BCUT2D eigenvalue weighted by molar-refractivity contribution is 5.85. The van der Waals surface area contributed by atoms with Gasteiger partial charge in [0, 0.05) is 24.2 Å². The number of hydrogen-bond donors (Lipinski definition) is 1. The maximum atomic E-state index is 5.33.